The first-order chi connectivity index (χ1) is 9.52. The van der Waals surface area contributed by atoms with Crippen molar-refractivity contribution in [3.05, 3.63) is 20.2 Å². The van der Waals surface area contributed by atoms with E-state index >= 15 is 0 Å². The Balaban J connectivity index is 1.86. The molecule has 1 amide bonds. The number of hydrogen-bond donors (Lipinski definition) is 2. The largest absolute Gasteiger partial charge is 0.396 e. The van der Waals surface area contributed by atoms with Gasteiger partial charge in [0.15, 0.2) is 0 Å². The summed E-state index contributed by atoms with van der Waals surface area (Å²) in [6.45, 7) is 4.35. The van der Waals surface area contributed by atoms with Gasteiger partial charge in [-0.15, -0.1) is 0 Å². The standard InChI is InChI=1S/C14H22N2O3S/c1-9-10(2)20-14(19)16(9)7-5-13(18)15-12(6-8-17)11-3-4-11/h11-12,17H,3-8H2,1-2H3,(H,15,18). The molecule has 1 atom stereocenters. The Morgan fingerprint density at radius 1 is 1.50 bits per heavy atom. The third kappa shape index (κ3) is 3.70. The van der Waals surface area contributed by atoms with Gasteiger partial charge in [-0.05, 0) is 39.0 Å². The van der Waals surface area contributed by atoms with Crippen molar-refractivity contribution in [3.63, 3.8) is 0 Å². The zero-order valence-corrected chi connectivity index (χ0v) is 12.8. The molecule has 1 aliphatic carbocycles. The lowest BCUT2D eigenvalue weighted by Gasteiger charge is -2.17. The summed E-state index contributed by atoms with van der Waals surface area (Å²) in [5, 5.41) is 12.0. The van der Waals surface area contributed by atoms with Crippen molar-refractivity contribution in [2.75, 3.05) is 6.61 Å². The van der Waals surface area contributed by atoms with Crippen LogP contribution in [0.15, 0.2) is 4.79 Å². The number of aryl methyl sites for hydroxylation is 1. The maximum atomic E-state index is 12.0. The number of hydrogen-bond acceptors (Lipinski definition) is 4. The van der Waals surface area contributed by atoms with Crippen molar-refractivity contribution in [1.82, 2.24) is 9.88 Å². The quantitative estimate of drug-likeness (QED) is 0.794. The van der Waals surface area contributed by atoms with Crippen LogP contribution >= 0.6 is 11.3 Å². The summed E-state index contributed by atoms with van der Waals surface area (Å²) in [5.74, 6) is 0.490. The summed E-state index contributed by atoms with van der Waals surface area (Å²) in [5.41, 5.74) is 0.946. The second kappa shape index (κ2) is 6.54. The van der Waals surface area contributed by atoms with Gasteiger partial charge in [-0.1, -0.05) is 11.3 Å². The van der Waals surface area contributed by atoms with Crippen LogP contribution in [0.25, 0.3) is 0 Å². The number of nitrogens with zero attached hydrogens (tertiary/aromatic N) is 1. The summed E-state index contributed by atoms with van der Waals surface area (Å²) in [7, 11) is 0. The van der Waals surface area contributed by atoms with Crippen LogP contribution in [0, 0.1) is 19.8 Å². The number of rotatable bonds is 7. The van der Waals surface area contributed by atoms with Crippen LogP contribution in [0.4, 0.5) is 0 Å². The third-order valence-electron chi connectivity index (χ3n) is 3.92. The Hall–Kier alpha value is -1.14. The third-order valence-corrected chi connectivity index (χ3v) is 4.91. The van der Waals surface area contributed by atoms with E-state index in [0.29, 0.717) is 25.3 Å². The van der Waals surface area contributed by atoms with Crippen molar-refractivity contribution in [2.24, 2.45) is 5.92 Å². The summed E-state index contributed by atoms with van der Waals surface area (Å²) >= 11 is 1.23. The van der Waals surface area contributed by atoms with Crippen LogP contribution in [-0.2, 0) is 11.3 Å². The molecule has 5 nitrogen and oxygen atoms in total. The lowest BCUT2D eigenvalue weighted by atomic mass is 10.1. The van der Waals surface area contributed by atoms with Gasteiger partial charge >= 0.3 is 4.87 Å². The Morgan fingerprint density at radius 2 is 2.20 bits per heavy atom. The van der Waals surface area contributed by atoms with Crippen molar-refractivity contribution in [1.29, 1.82) is 0 Å². The monoisotopic (exact) mass is 298 g/mol. The first kappa shape index (κ1) is 15.3. The molecular weight excluding hydrogens is 276 g/mol. The van der Waals surface area contributed by atoms with E-state index in [1.807, 2.05) is 13.8 Å². The molecular formula is C14H22N2O3S. The van der Waals surface area contributed by atoms with Gasteiger partial charge in [0, 0.05) is 36.2 Å². The molecule has 0 aliphatic heterocycles. The number of amides is 1. The van der Waals surface area contributed by atoms with E-state index in [1.54, 1.807) is 4.57 Å². The maximum absolute atomic E-state index is 12.0. The zero-order valence-electron chi connectivity index (χ0n) is 12.0. The lowest BCUT2D eigenvalue weighted by Crippen LogP contribution is -2.37. The molecule has 0 bridgehead atoms. The Kier molecular flexibility index (Phi) is 4.99. The van der Waals surface area contributed by atoms with E-state index in [1.165, 1.54) is 11.3 Å². The number of aromatic nitrogens is 1. The predicted molar refractivity (Wildman–Crippen MR) is 79.0 cm³/mol. The Bertz CT molecular complexity index is 531. The van der Waals surface area contributed by atoms with E-state index in [0.717, 1.165) is 23.4 Å². The summed E-state index contributed by atoms with van der Waals surface area (Å²) in [4.78, 5) is 24.7. The van der Waals surface area contributed by atoms with Gasteiger partial charge in [-0.25, -0.2) is 0 Å². The first-order valence-electron chi connectivity index (χ1n) is 7.10. The molecule has 2 rings (SSSR count). The van der Waals surface area contributed by atoms with E-state index in [4.69, 9.17) is 5.11 Å². The number of carbonyl (C=O) groups excluding carboxylic acids is 1. The van der Waals surface area contributed by atoms with E-state index < -0.39 is 0 Å². The van der Waals surface area contributed by atoms with Gasteiger partial charge in [-0.2, -0.15) is 0 Å². The second-order valence-electron chi connectivity index (χ2n) is 5.43. The van der Waals surface area contributed by atoms with Crippen LogP contribution in [0.1, 0.15) is 36.3 Å². The summed E-state index contributed by atoms with van der Waals surface area (Å²) in [6, 6.07) is 0.0922. The summed E-state index contributed by atoms with van der Waals surface area (Å²) in [6.07, 6.45) is 3.19. The predicted octanol–water partition coefficient (Wildman–Crippen LogP) is 1.19. The smallest absolute Gasteiger partial charge is 0.307 e. The van der Waals surface area contributed by atoms with E-state index in [2.05, 4.69) is 5.32 Å². The van der Waals surface area contributed by atoms with Crippen molar-refractivity contribution in [2.45, 2.75) is 52.1 Å². The molecule has 1 aromatic rings. The molecule has 6 heteroatoms. The molecule has 1 aliphatic rings. The molecule has 112 valence electrons. The first-order valence-corrected chi connectivity index (χ1v) is 7.91. The van der Waals surface area contributed by atoms with Gasteiger partial charge in [0.05, 0.1) is 0 Å². The van der Waals surface area contributed by atoms with Crippen molar-refractivity contribution in [3.8, 4) is 0 Å². The highest BCUT2D eigenvalue weighted by molar-refractivity contribution is 7.09. The molecule has 0 aromatic carbocycles. The minimum atomic E-state index is -0.0366. The highest BCUT2D eigenvalue weighted by Gasteiger charge is 2.31. The van der Waals surface area contributed by atoms with Gasteiger partial charge in [0.1, 0.15) is 0 Å². The minimum absolute atomic E-state index is 0.00176. The van der Waals surface area contributed by atoms with Gasteiger partial charge in [0.2, 0.25) is 5.91 Å². The van der Waals surface area contributed by atoms with E-state index in [9.17, 15) is 9.59 Å². The molecule has 20 heavy (non-hydrogen) atoms. The SMILES string of the molecule is Cc1sc(=O)n(CCC(=O)NC(CCO)C2CC2)c1C. The molecule has 1 aromatic heterocycles. The molecule has 1 saturated carbocycles. The van der Waals surface area contributed by atoms with Crippen LogP contribution in [0.3, 0.4) is 0 Å². The van der Waals surface area contributed by atoms with Crippen LogP contribution in [0.2, 0.25) is 0 Å². The van der Waals surface area contributed by atoms with Gasteiger partial charge < -0.3 is 15.0 Å². The normalized spacial score (nSPS) is 16.1. The topological polar surface area (TPSA) is 71.3 Å². The molecule has 1 heterocycles. The average molecular weight is 298 g/mol. The molecule has 0 saturated heterocycles. The fourth-order valence-corrected chi connectivity index (χ4v) is 3.26. The van der Waals surface area contributed by atoms with Crippen LogP contribution in [0.5, 0.6) is 0 Å². The number of aliphatic hydroxyl groups excluding tert-OH is 1. The Labute approximate surface area is 122 Å². The highest BCUT2D eigenvalue weighted by Crippen LogP contribution is 2.33. The van der Waals surface area contributed by atoms with Gasteiger partial charge in [0.25, 0.3) is 0 Å². The fourth-order valence-electron chi connectivity index (χ4n) is 2.40. The fraction of sp³-hybridized carbons (Fsp3) is 0.714. The highest BCUT2D eigenvalue weighted by atomic mass is 32.1. The van der Waals surface area contributed by atoms with Crippen molar-refractivity contribution >= 4 is 17.2 Å². The molecule has 0 radical (unpaired) electrons. The lowest BCUT2D eigenvalue weighted by molar-refractivity contribution is -0.122. The molecule has 1 unspecified atom stereocenters. The van der Waals surface area contributed by atoms with Crippen molar-refractivity contribution < 1.29 is 9.90 Å². The second-order valence-corrected chi connectivity index (χ2v) is 6.60. The number of nitrogens with one attached hydrogen (secondary N) is 1. The maximum Gasteiger partial charge on any atom is 0.307 e. The molecule has 2 N–H and O–H groups in total. The number of aliphatic hydroxyl groups is 1. The minimum Gasteiger partial charge on any atom is -0.396 e. The Morgan fingerprint density at radius 3 is 2.70 bits per heavy atom. The molecule has 1 fully saturated rings. The van der Waals surface area contributed by atoms with Crippen LogP contribution < -0.4 is 10.2 Å². The number of carbonyl (C=O) groups is 1. The molecule has 0 spiro atoms. The summed E-state index contributed by atoms with van der Waals surface area (Å²) < 4.78 is 1.66. The zero-order chi connectivity index (χ0) is 14.7. The van der Waals surface area contributed by atoms with Gasteiger partial charge in [-0.3, -0.25) is 9.59 Å². The van der Waals surface area contributed by atoms with Crippen LogP contribution in [-0.4, -0.2) is 28.2 Å². The van der Waals surface area contributed by atoms with E-state index in [-0.39, 0.29) is 23.4 Å². The average Bonchev–Trinajstić information content (AvgIpc) is 3.18. The number of thiazole rings is 1.